The van der Waals surface area contributed by atoms with Crippen molar-refractivity contribution in [3.05, 3.63) is 82.4 Å². The average Bonchev–Trinajstić information content (AvgIpc) is 3.25. The zero-order valence-electron chi connectivity index (χ0n) is 36.8. The molecular weight excluding hydrogens is 787 g/mol. The number of carbonyl (C=O) groups excluding carboxylic acids is 5. The molecule has 62 heavy (non-hydrogen) atoms. The Morgan fingerprint density at radius 3 is 2.26 bits per heavy atom. The van der Waals surface area contributed by atoms with E-state index in [2.05, 4.69) is 17.6 Å². The first kappa shape index (κ1) is 49.0. The van der Waals surface area contributed by atoms with E-state index in [1.54, 1.807) is 37.3 Å². The van der Waals surface area contributed by atoms with E-state index in [9.17, 15) is 29.2 Å². The number of hydrogen-bond donors (Lipinski definition) is 5. The molecule has 0 unspecified atom stereocenters. The number of nitrogens with zero attached hydrogens (tertiary/aromatic N) is 2. The van der Waals surface area contributed by atoms with Crippen LogP contribution in [0.15, 0.2) is 54.6 Å². The first-order valence-electron chi connectivity index (χ1n) is 21.9. The molecule has 8 N–H and O–H groups in total. The maximum absolute atomic E-state index is 14.6. The van der Waals surface area contributed by atoms with Crippen molar-refractivity contribution in [2.45, 2.75) is 110 Å². The second kappa shape index (κ2) is 24.7. The maximum Gasteiger partial charge on any atom is 0.251 e. The Labute approximate surface area is 366 Å². The number of ether oxygens (including phenoxy) is 2. The van der Waals surface area contributed by atoms with Gasteiger partial charge in [-0.3, -0.25) is 24.0 Å². The largest absolute Gasteiger partial charge is 0.492 e. The van der Waals surface area contributed by atoms with E-state index in [4.69, 9.17) is 26.7 Å². The molecule has 4 atom stereocenters. The molecule has 0 aliphatic carbocycles. The topological polar surface area (TPSA) is 233 Å². The average molecular weight is 852 g/mol. The fraction of sp³-hybridized carbons (Fsp3) is 0.500. The number of nitrogens with two attached hydrogens (primary N) is 3. The van der Waals surface area contributed by atoms with Gasteiger partial charge in [-0.25, -0.2) is 0 Å². The molecule has 3 amide bonds. The van der Waals surface area contributed by atoms with Gasteiger partial charge in [0, 0.05) is 74.5 Å². The van der Waals surface area contributed by atoms with Gasteiger partial charge in [0.25, 0.3) is 5.91 Å². The van der Waals surface area contributed by atoms with Crippen LogP contribution in [0.3, 0.4) is 0 Å². The molecule has 4 bridgehead atoms. The van der Waals surface area contributed by atoms with E-state index in [1.165, 1.54) is 23.9 Å². The van der Waals surface area contributed by atoms with Gasteiger partial charge in [0.2, 0.25) is 11.8 Å². The first-order valence-corrected chi connectivity index (χ1v) is 21.9. The van der Waals surface area contributed by atoms with Crippen molar-refractivity contribution in [1.82, 2.24) is 15.5 Å². The maximum atomic E-state index is 14.6. The van der Waals surface area contributed by atoms with Gasteiger partial charge in [-0.2, -0.15) is 5.26 Å². The molecule has 0 saturated carbocycles. The number of ketones is 2. The molecular formula is C48H65N7O7. The van der Waals surface area contributed by atoms with Crippen molar-refractivity contribution in [2.75, 3.05) is 39.9 Å². The Hall–Kier alpha value is -5.62. The molecule has 0 aromatic heterocycles. The lowest BCUT2D eigenvalue weighted by atomic mass is 9.89. The van der Waals surface area contributed by atoms with Gasteiger partial charge in [0.15, 0.2) is 11.6 Å². The molecule has 0 spiro atoms. The highest BCUT2D eigenvalue weighted by molar-refractivity contribution is 5.97. The number of amides is 3. The summed E-state index contributed by atoms with van der Waals surface area (Å²) < 4.78 is 12.2. The van der Waals surface area contributed by atoms with Crippen LogP contribution < -0.4 is 37.3 Å². The Morgan fingerprint density at radius 2 is 1.61 bits per heavy atom. The van der Waals surface area contributed by atoms with Crippen LogP contribution in [0, 0.1) is 24.2 Å². The number of nitrogens with one attached hydrogen (secondary N) is 2. The Bertz CT molecular complexity index is 2070. The third-order valence-electron chi connectivity index (χ3n) is 11.2. The zero-order valence-corrected chi connectivity index (χ0v) is 36.8. The van der Waals surface area contributed by atoms with Crippen molar-refractivity contribution in [2.24, 2.45) is 23.1 Å². The van der Waals surface area contributed by atoms with Crippen LogP contribution in [0.4, 0.5) is 0 Å². The van der Waals surface area contributed by atoms with Crippen LogP contribution in [0.5, 0.6) is 11.5 Å². The molecule has 0 saturated heterocycles. The molecule has 1 aliphatic rings. The number of unbranched alkanes of at least 4 members (excludes halogenated alkanes) is 3. The van der Waals surface area contributed by atoms with Crippen molar-refractivity contribution in [1.29, 1.82) is 5.26 Å². The van der Waals surface area contributed by atoms with E-state index >= 15 is 0 Å². The standard InChI is InChI=1S/C48H65N7O7/c1-5-6-7-8-10-33-12-15-37(31(2)25-33)48(60)53-36(18-20-50)30-45(58)55(4)46-35-14-17-44(62-24-22-52)39(29-35)38-27-34(13-16-43(38)61-23-21-51)28-40(41(56)11-9-19-49)54-47(59)32(3)26-42(46)57/h12-17,25,27,29,32,36,40,46H,5-11,18,20-24,26,28,30,50-52H2,1-4H3,(H,53,60)(H,54,59)/t32-,36+,40+,46+/m1/s1. The molecule has 0 fully saturated rings. The van der Waals surface area contributed by atoms with Gasteiger partial charge < -0.3 is 42.2 Å². The molecule has 4 rings (SSSR count). The Balaban J connectivity index is 1.75. The first-order chi connectivity index (χ1) is 29.8. The highest BCUT2D eigenvalue weighted by Gasteiger charge is 2.34. The third kappa shape index (κ3) is 13.7. The van der Waals surface area contributed by atoms with Crippen LogP contribution in [0.2, 0.25) is 0 Å². The van der Waals surface area contributed by atoms with Gasteiger partial charge in [-0.1, -0.05) is 57.4 Å². The summed E-state index contributed by atoms with van der Waals surface area (Å²) in [5.41, 5.74) is 22.4. The van der Waals surface area contributed by atoms with Crippen LogP contribution in [0.1, 0.15) is 110 Å². The fourth-order valence-electron chi connectivity index (χ4n) is 7.79. The minimum atomic E-state index is -1.17. The number of benzene rings is 3. The number of nitriles is 1. The molecule has 1 aliphatic heterocycles. The van der Waals surface area contributed by atoms with E-state index in [0.29, 0.717) is 45.7 Å². The molecule has 334 valence electrons. The summed E-state index contributed by atoms with van der Waals surface area (Å²) in [7, 11) is 1.53. The van der Waals surface area contributed by atoms with Gasteiger partial charge in [-0.05, 0) is 91.7 Å². The Kier molecular flexibility index (Phi) is 19.6. The minimum Gasteiger partial charge on any atom is -0.492 e. The number of hydrogen-bond acceptors (Lipinski definition) is 11. The normalized spacial score (nSPS) is 16.9. The van der Waals surface area contributed by atoms with Crippen LogP contribution in [-0.2, 0) is 32.0 Å². The molecule has 14 nitrogen and oxygen atoms in total. The van der Waals surface area contributed by atoms with Gasteiger partial charge >= 0.3 is 0 Å². The van der Waals surface area contributed by atoms with Gasteiger partial charge in [0.1, 0.15) is 30.8 Å². The number of carbonyl (C=O) groups is 5. The van der Waals surface area contributed by atoms with Crippen LogP contribution >= 0.6 is 0 Å². The quantitative estimate of drug-likeness (QED) is 0.0895. The van der Waals surface area contributed by atoms with Gasteiger partial charge in [-0.15, -0.1) is 0 Å². The number of Topliss-reactive ketones (excluding diaryl/α,β-unsaturated/α-hetero) is 2. The Morgan fingerprint density at radius 1 is 0.919 bits per heavy atom. The molecule has 14 heteroatoms. The van der Waals surface area contributed by atoms with Crippen molar-refractivity contribution in [3.63, 3.8) is 0 Å². The van der Waals surface area contributed by atoms with E-state index in [1.807, 2.05) is 37.3 Å². The molecule has 0 radical (unpaired) electrons. The lowest BCUT2D eigenvalue weighted by Crippen LogP contribution is -2.46. The lowest BCUT2D eigenvalue weighted by molar-refractivity contribution is -0.140. The highest BCUT2D eigenvalue weighted by atomic mass is 16.5. The van der Waals surface area contributed by atoms with Crippen LogP contribution in [-0.4, -0.2) is 86.2 Å². The zero-order chi connectivity index (χ0) is 45.2. The number of aryl methyl sites for hydroxylation is 2. The summed E-state index contributed by atoms with van der Waals surface area (Å²) in [6, 6.07) is 15.6. The monoisotopic (exact) mass is 851 g/mol. The summed E-state index contributed by atoms with van der Waals surface area (Å²) >= 11 is 0. The second-order valence-electron chi connectivity index (χ2n) is 16.1. The molecule has 3 aromatic rings. The minimum absolute atomic E-state index is 0.0190. The summed E-state index contributed by atoms with van der Waals surface area (Å²) in [4.78, 5) is 71.1. The summed E-state index contributed by atoms with van der Waals surface area (Å²) in [6.07, 6.45) is 5.45. The smallest absolute Gasteiger partial charge is 0.251 e. The SMILES string of the molecule is CCCCCCc1ccc(C(=O)N[C@@H](CCN)CC(=O)N(C)[C@@H]2C(=O)C[C@@H](C)C(=O)N[C@H](C(=O)CCC#N)Cc3ccc(OCCN)c(c3)-c3cc2ccc3OCCN)c(C)c1. The summed E-state index contributed by atoms with van der Waals surface area (Å²) in [6.45, 7) is 6.71. The van der Waals surface area contributed by atoms with Crippen molar-refractivity contribution >= 4 is 29.3 Å². The third-order valence-corrected chi connectivity index (χ3v) is 11.2. The van der Waals surface area contributed by atoms with Crippen LogP contribution in [0.25, 0.3) is 11.1 Å². The van der Waals surface area contributed by atoms with Crippen molar-refractivity contribution in [3.8, 4) is 28.7 Å². The fourth-order valence-corrected chi connectivity index (χ4v) is 7.79. The summed E-state index contributed by atoms with van der Waals surface area (Å²) in [5.74, 6) is -2.00. The predicted molar refractivity (Wildman–Crippen MR) is 239 cm³/mol. The number of likely N-dealkylation sites (N-methyl/N-ethyl adjacent to an activating group) is 1. The number of rotatable bonds is 21. The lowest BCUT2D eigenvalue weighted by Gasteiger charge is -2.31. The van der Waals surface area contributed by atoms with E-state index in [-0.39, 0.29) is 76.6 Å². The highest BCUT2D eigenvalue weighted by Crippen LogP contribution is 2.40. The van der Waals surface area contributed by atoms with E-state index in [0.717, 1.165) is 31.2 Å². The molecule has 1 heterocycles. The van der Waals surface area contributed by atoms with E-state index < -0.39 is 41.6 Å². The molecule has 3 aromatic carbocycles. The second-order valence-corrected chi connectivity index (χ2v) is 16.1. The predicted octanol–water partition coefficient (Wildman–Crippen LogP) is 5.01. The van der Waals surface area contributed by atoms with Crippen molar-refractivity contribution < 1.29 is 33.4 Å². The number of fused-ring (bicyclic) bond motifs is 5. The summed E-state index contributed by atoms with van der Waals surface area (Å²) in [5, 5.41) is 15.1. The van der Waals surface area contributed by atoms with Gasteiger partial charge in [0.05, 0.1) is 12.1 Å².